The first-order chi connectivity index (χ1) is 8.09. The molecule has 17 heavy (non-hydrogen) atoms. The third-order valence-corrected chi connectivity index (χ3v) is 3.14. The van der Waals surface area contributed by atoms with Gasteiger partial charge in [-0.25, -0.2) is 4.79 Å². The highest BCUT2D eigenvalue weighted by atomic mass is 16.4. The van der Waals surface area contributed by atoms with E-state index in [0.29, 0.717) is 13.0 Å². The SMILES string of the molecule is C[C@H]1C[C@H](C(=O)O)N(Cc2ccccc2)C1=O. The van der Waals surface area contributed by atoms with Crippen LogP contribution < -0.4 is 0 Å². The number of hydrogen-bond donors (Lipinski definition) is 1. The van der Waals surface area contributed by atoms with Gasteiger partial charge in [0.05, 0.1) is 0 Å². The van der Waals surface area contributed by atoms with E-state index in [-0.39, 0.29) is 11.8 Å². The van der Waals surface area contributed by atoms with Crippen molar-refractivity contribution in [3.8, 4) is 0 Å². The lowest BCUT2D eigenvalue weighted by Crippen LogP contribution is -2.38. The first kappa shape index (κ1) is 11.6. The molecule has 4 nitrogen and oxygen atoms in total. The van der Waals surface area contributed by atoms with Crippen molar-refractivity contribution in [1.29, 1.82) is 0 Å². The van der Waals surface area contributed by atoms with E-state index < -0.39 is 12.0 Å². The first-order valence-electron chi connectivity index (χ1n) is 5.67. The van der Waals surface area contributed by atoms with E-state index in [2.05, 4.69) is 0 Å². The summed E-state index contributed by atoms with van der Waals surface area (Å²) in [4.78, 5) is 24.4. The molecule has 0 unspecified atom stereocenters. The molecule has 1 aliphatic rings. The van der Waals surface area contributed by atoms with Crippen LogP contribution in [0.25, 0.3) is 0 Å². The molecule has 1 aromatic carbocycles. The Bertz CT molecular complexity index is 430. The van der Waals surface area contributed by atoms with E-state index in [4.69, 9.17) is 5.11 Å². The van der Waals surface area contributed by atoms with Crippen molar-refractivity contribution < 1.29 is 14.7 Å². The van der Waals surface area contributed by atoms with E-state index >= 15 is 0 Å². The summed E-state index contributed by atoms with van der Waals surface area (Å²) < 4.78 is 0. The Hall–Kier alpha value is -1.84. The average molecular weight is 233 g/mol. The highest BCUT2D eigenvalue weighted by Crippen LogP contribution is 2.26. The summed E-state index contributed by atoms with van der Waals surface area (Å²) in [6.45, 7) is 2.16. The zero-order valence-electron chi connectivity index (χ0n) is 9.67. The molecule has 1 heterocycles. The van der Waals surface area contributed by atoms with Crippen LogP contribution in [0.5, 0.6) is 0 Å². The molecule has 1 amide bonds. The van der Waals surface area contributed by atoms with Crippen LogP contribution in [0.15, 0.2) is 30.3 Å². The highest BCUT2D eigenvalue weighted by molar-refractivity contribution is 5.88. The Kier molecular flexibility index (Phi) is 3.13. The maximum absolute atomic E-state index is 11.9. The molecule has 1 saturated heterocycles. The number of carboxylic acids is 1. The summed E-state index contributed by atoms with van der Waals surface area (Å²) in [6, 6.07) is 8.78. The number of likely N-dealkylation sites (tertiary alicyclic amines) is 1. The third-order valence-electron chi connectivity index (χ3n) is 3.14. The van der Waals surface area contributed by atoms with E-state index in [1.165, 1.54) is 4.90 Å². The predicted molar refractivity (Wildman–Crippen MR) is 62.2 cm³/mol. The quantitative estimate of drug-likeness (QED) is 0.860. The molecule has 90 valence electrons. The second kappa shape index (κ2) is 4.57. The number of aliphatic carboxylic acids is 1. The van der Waals surface area contributed by atoms with Crippen LogP contribution >= 0.6 is 0 Å². The van der Waals surface area contributed by atoms with Gasteiger partial charge < -0.3 is 10.0 Å². The van der Waals surface area contributed by atoms with Crippen molar-refractivity contribution in [2.45, 2.75) is 25.9 Å². The Morgan fingerprint density at radius 1 is 1.41 bits per heavy atom. The van der Waals surface area contributed by atoms with Crippen LogP contribution in [0.4, 0.5) is 0 Å². The molecule has 1 aliphatic heterocycles. The summed E-state index contributed by atoms with van der Waals surface area (Å²) in [5.41, 5.74) is 0.959. The second-order valence-corrected chi connectivity index (χ2v) is 4.44. The number of carbonyl (C=O) groups excluding carboxylic acids is 1. The molecule has 0 radical (unpaired) electrons. The van der Waals surface area contributed by atoms with Gasteiger partial charge in [0.2, 0.25) is 5.91 Å². The minimum atomic E-state index is -0.918. The molecular weight excluding hydrogens is 218 g/mol. The van der Waals surface area contributed by atoms with Crippen LogP contribution in [0, 0.1) is 5.92 Å². The molecule has 0 bridgehead atoms. The van der Waals surface area contributed by atoms with Crippen molar-refractivity contribution in [3.05, 3.63) is 35.9 Å². The summed E-state index contributed by atoms with van der Waals surface area (Å²) >= 11 is 0. The number of hydrogen-bond acceptors (Lipinski definition) is 2. The van der Waals surface area contributed by atoms with E-state index in [1.807, 2.05) is 30.3 Å². The molecule has 1 N–H and O–H groups in total. The van der Waals surface area contributed by atoms with Crippen LogP contribution in [0.3, 0.4) is 0 Å². The van der Waals surface area contributed by atoms with Gasteiger partial charge in [0.15, 0.2) is 0 Å². The normalized spacial score (nSPS) is 24.1. The summed E-state index contributed by atoms with van der Waals surface area (Å²) in [6.07, 6.45) is 0.404. The Morgan fingerprint density at radius 2 is 2.06 bits per heavy atom. The minimum Gasteiger partial charge on any atom is -0.480 e. The number of rotatable bonds is 3. The zero-order chi connectivity index (χ0) is 12.4. The van der Waals surface area contributed by atoms with Gasteiger partial charge in [0, 0.05) is 12.5 Å². The number of carboxylic acid groups (broad SMARTS) is 1. The lowest BCUT2D eigenvalue weighted by atomic mass is 10.1. The van der Waals surface area contributed by atoms with Crippen LogP contribution in [-0.2, 0) is 16.1 Å². The van der Waals surface area contributed by atoms with Crippen molar-refractivity contribution in [1.82, 2.24) is 4.90 Å². The topological polar surface area (TPSA) is 57.6 Å². The number of nitrogens with zero attached hydrogens (tertiary/aromatic N) is 1. The molecule has 0 aliphatic carbocycles. The standard InChI is InChI=1S/C13H15NO3/c1-9-7-11(13(16)17)14(12(9)15)8-10-5-3-2-4-6-10/h2-6,9,11H,7-8H2,1H3,(H,16,17)/t9-,11+/m0/s1. The van der Waals surface area contributed by atoms with Gasteiger partial charge in [-0.1, -0.05) is 37.3 Å². The molecular formula is C13H15NO3. The van der Waals surface area contributed by atoms with Crippen LogP contribution in [0.1, 0.15) is 18.9 Å². The lowest BCUT2D eigenvalue weighted by molar-refractivity contribution is -0.146. The van der Waals surface area contributed by atoms with Crippen LogP contribution in [0.2, 0.25) is 0 Å². The van der Waals surface area contributed by atoms with Crippen LogP contribution in [-0.4, -0.2) is 27.9 Å². The van der Waals surface area contributed by atoms with Crippen molar-refractivity contribution in [2.24, 2.45) is 5.92 Å². The third kappa shape index (κ3) is 2.30. The van der Waals surface area contributed by atoms with Gasteiger partial charge in [-0.3, -0.25) is 4.79 Å². The summed E-state index contributed by atoms with van der Waals surface area (Å²) in [5, 5.41) is 9.10. The number of carbonyl (C=O) groups is 2. The smallest absolute Gasteiger partial charge is 0.326 e. The largest absolute Gasteiger partial charge is 0.480 e. The van der Waals surface area contributed by atoms with Gasteiger partial charge in [0.1, 0.15) is 6.04 Å². The average Bonchev–Trinajstić information content (AvgIpc) is 2.59. The predicted octanol–water partition coefficient (Wildman–Crippen LogP) is 1.51. The number of amides is 1. The van der Waals surface area contributed by atoms with Crippen molar-refractivity contribution >= 4 is 11.9 Å². The monoisotopic (exact) mass is 233 g/mol. The molecule has 2 rings (SSSR count). The molecule has 0 saturated carbocycles. The minimum absolute atomic E-state index is 0.0683. The van der Waals surface area contributed by atoms with E-state index in [9.17, 15) is 9.59 Å². The van der Waals surface area contributed by atoms with Crippen molar-refractivity contribution in [2.75, 3.05) is 0 Å². The maximum Gasteiger partial charge on any atom is 0.326 e. The molecule has 1 aromatic rings. The van der Waals surface area contributed by atoms with Gasteiger partial charge in [-0.15, -0.1) is 0 Å². The molecule has 2 atom stereocenters. The van der Waals surface area contributed by atoms with Gasteiger partial charge >= 0.3 is 5.97 Å². The maximum atomic E-state index is 11.9. The van der Waals surface area contributed by atoms with E-state index in [1.54, 1.807) is 6.92 Å². The van der Waals surface area contributed by atoms with E-state index in [0.717, 1.165) is 5.56 Å². The van der Waals surface area contributed by atoms with Gasteiger partial charge in [-0.05, 0) is 12.0 Å². The summed E-state index contributed by atoms with van der Waals surface area (Å²) in [7, 11) is 0. The molecule has 0 aromatic heterocycles. The molecule has 1 fully saturated rings. The van der Waals surface area contributed by atoms with Gasteiger partial charge in [0.25, 0.3) is 0 Å². The second-order valence-electron chi connectivity index (χ2n) is 4.44. The Labute approximate surface area is 99.9 Å². The lowest BCUT2D eigenvalue weighted by Gasteiger charge is -2.21. The summed E-state index contributed by atoms with van der Waals surface area (Å²) in [5.74, 6) is -1.18. The first-order valence-corrected chi connectivity index (χ1v) is 5.67. The highest BCUT2D eigenvalue weighted by Gasteiger charge is 2.40. The fourth-order valence-corrected chi connectivity index (χ4v) is 2.20. The molecule has 0 spiro atoms. The number of benzene rings is 1. The Morgan fingerprint density at radius 3 is 2.65 bits per heavy atom. The Balaban J connectivity index is 2.18. The van der Waals surface area contributed by atoms with Crippen molar-refractivity contribution in [3.63, 3.8) is 0 Å². The fraction of sp³-hybridized carbons (Fsp3) is 0.385. The zero-order valence-corrected chi connectivity index (χ0v) is 9.67. The van der Waals surface area contributed by atoms with Gasteiger partial charge in [-0.2, -0.15) is 0 Å². The fourth-order valence-electron chi connectivity index (χ4n) is 2.20. The molecule has 4 heteroatoms.